The van der Waals surface area contributed by atoms with Gasteiger partial charge in [-0.15, -0.1) is 0 Å². The maximum Gasteiger partial charge on any atom is 0.437 e. The summed E-state index contributed by atoms with van der Waals surface area (Å²) in [5.41, 5.74) is -1.91. The Morgan fingerprint density at radius 2 is 1.82 bits per heavy atom. The van der Waals surface area contributed by atoms with Crippen LogP contribution in [0.5, 0.6) is 0 Å². The van der Waals surface area contributed by atoms with Crippen LogP contribution in [0.3, 0.4) is 0 Å². The number of halogens is 3. The number of amides is 2. The Labute approximate surface area is 160 Å². The van der Waals surface area contributed by atoms with Crippen molar-refractivity contribution in [2.45, 2.75) is 31.5 Å². The average Bonchev–Trinajstić information content (AvgIpc) is 3.42. The van der Waals surface area contributed by atoms with E-state index in [9.17, 15) is 22.8 Å². The molecule has 0 bridgehead atoms. The van der Waals surface area contributed by atoms with Crippen molar-refractivity contribution in [3.63, 3.8) is 0 Å². The molecule has 6 nitrogen and oxygen atoms in total. The highest BCUT2D eigenvalue weighted by atomic mass is 19.3. The molecule has 2 saturated heterocycles. The molecule has 0 N–H and O–H groups in total. The van der Waals surface area contributed by atoms with Crippen molar-refractivity contribution < 1.29 is 32.2 Å². The lowest BCUT2D eigenvalue weighted by atomic mass is 9.99. The number of ether oxygens (including phenoxy) is 2. The zero-order valence-electron chi connectivity index (χ0n) is 15.4. The summed E-state index contributed by atoms with van der Waals surface area (Å²) >= 11 is 0. The van der Waals surface area contributed by atoms with Gasteiger partial charge in [0, 0.05) is 17.6 Å². The number of rotatable bonds is 2. The fourth-order valence-electron chi connectivity index (χ4n) is 3.71. The molecule has 0 radical (unpaired) electrons. The summed E-state index contributed by atoms with van der Waals surface area (Å²) in [6.45, 7) is 1.79. The predicted octanol–water partition coefficient (Wildman–Crippen LogP) is 2.18. The van der Waals surface area contributed by atoms with Crippen molar-refractivity contribution >= 4 is 17.5 Å². The van der Waals surface area contributed by atoms with Gasteiger partial charge >= 0.3 is 12.0 Å². The first kappa shape index (κ1) is 19.2. The summed E-state index contributed by atoms with van der Waals surface area (Å²) in [6, 6.07) is 4.70. The number of carbonyl (C=O) groups is 2. The second kappa shape index (κ2) is 6.45. The first-order valence-electron chi connectivity index (χ1n) is 9.17. The van der Waals surface area contributed by atoms with E-state index in [0.717, 1.165) is 29.9 Å². The number of alkyl halides is 2. The third-order valence-corrected chi connectivity index (χ3v) is 5.58. The quantitative estimate of drug-likeness (QED) is 0.766. The Hall–Kier alpha value is -2.13. The summed E-state index contributed by atoms with van der Waals surface area (Å²) in [5, 5.41) is 0. The molecule has 2 heterocycles. The molecule has 2 amide bonds. The largest absolute Gasteiger partial charge is 0.437 e. The smallest absolute Gasteiger partial charge is 0.376 e. The topological polar surface area (TPSA) is 59.1 Å². The first-order valence-corrected chi connectivity index (χ1v) is 9.17. The van der Waals surface area contributed by atoms with Crippen molar-refractivity contribution in [1.82, 2.24) is 4.90 Å². The van der Waals surface area contributed by atoms with E-state index in [4.69, 9.17) is 9.47 Å². The molecular weight excluding hydrogens is 377 g/mol. The van der Waals surface area contributed by atoms with Gasteiger partial charge < -0.3 is 14.5 Å². The van der Waals surface area contributed by atoms with Gasteiger partial charge in [0.05, 0.1) is 26.3 Å². The van der Waals surface area contributed by atoms with Crippen LogP contribution in [0, 0.1) is 11.2 Å². The Kier molecular flexibility index (Phi) is 4.42. The van der Waals surface area contributed by atoms with Crippen LogP contribution in [-0.2, 0) is 19.1 Å². The molecule has 4 rings (SSSR count). The summed E-state index contributed by atoms with van der Waals surface area (Å²) in [5.74, 6) is -2.19. The van der Waals surface area contributed by atoms with E-state index >= 15 is 0 Å². The lowest BCUT2D eigenvalue weighted by molar-refractivity contribution is -0.293. The van der Waals surface area contributed by atoms with Gasteiger partial charge in [0.1, 0.15) is 11.4 Å². The predicted molar refractivity (Wildman–Crippen MR) is 92.3 cm³/mol. The van der Waals surface area contributed by atoms with E-state index < -0.39 is 28.8 Å². The Morgan fingerprint density at radius 1 is 1.14 bits per heavy atom. The average molecular weight is 398 g/mol. The lowest BCUT2D eigenvalue weighted by Crippen LogP contribution is -2.67. The van der Waals surface area contributed by atoms with Crippen molar-refractivity contribution in [3.05, 3.63) is 30.1 Å². The van der Waals surface area contributed by atoms with Gasteiger partial charge in [0.2, 0.25) is 5.91 Å². The summed E-state index contributed by atoms with van der Waals surface area (Å²) in [7, 11) is 0. The van der Waals surface area contributed by atoms with Crippen molar-refractivity contribution in [1.29, 1.82) is 0 Å². The highest BCUT2D eigenvalue weighted by Gasteiger charge is 2.59. The SMILES string of the molecule is CC1(C(=O)N2CCOCC3(C2)CN(c2ccc(F)cc2)C(=O)C(F)(F)O3)CC1. The zero-order valence-corrected chi connectivity index (χ0v) is 15.4. The lowest BCUT2D eigenvalue weighted by Gasteiger charge is -2.45. The zero-order chi connectivity index (χ0) is 20.2. The van der Waals surface area contributed by atoms with Crippen LogP contribution in [0.25, 0.3) is 0 Å². The minimum absolute atomic E-state index is 0.109. The van der Waals surface area contributed by atoms with Crippen LogP contribution in [0.2, 0.25) is 0 Å². The molecule has 1 aliphatic carbocycles. The van der Waals surface area contributed by atoms with Crippen LogP contribution >= 0.6 is 0 Å². The molecule has 3 aliphatic rings. The highest BCUT2D eigenvalue weighted by molar-refractivity contribution is 5.98. The standard InChI is InChI=1S/C19H21F3N2O4/c1-17(6-7-17)15(25)23-8-9-27-12-18(10-23)11-24(16(26)19(21,22)28-18)14-4-2-13(20)3-5-14/h2-5H,6-12H2,1H3. The number of carbonyl (C=O) groups excluding carboxylic acids is 2. The van der Waals surface area contributed by atoms with Gasteiger partial charge in [-0.2, -0.15) is 8.78 Å². The molecule has 1 unspecified atom stereocenters. The number of hydrogen-bond donors (Lipinski definition) is 0. The van der Waals surface area contributed by atoms with Gasteiger partial charge in [-0.1, -0.05) is 6.92 Å². The minimum Gasteiger partial charge on any atom is -0.376 e. The monoisotopic (exact) mass is 398 g/mol. The van der Waals surface area contributed by atoms with Crippen LogP contribution < -0.4 is 4.90 Å². The van der Waals surface area contributed by atoms with E-state index in [1.54, 1.807) is 0 Å². The number of morpholine rings is 1. The van der Waals surface area contributed by atoms with Crippen molar-refractivity contribution in [2.75, 3.05) is 37.7 Å². The van der Waals surface area contributed by atoms with Gasteiger partial charge in [-0.25, -0.2) is 4.39 Å². The Bertz CT molecular complexity index is 797. The van der Waals surface area contributed by atoms with E-state index in [1.165, 1.54) is 17.0 Å². The van der Waals surface area contributed by atoms with Crippen LogP contribution in [-0.4, -0.2) is 61.3 Å². The molecule has 1 aromatic rings. The van der Waals surface area contributed by atoms with Crippen LogP contribution in [0.4, 0.5) is 18.9 Å². The molecule has 1 saturated carbocycles. The first-order chi connectivity index (χ1) is 13.1. The molecule has 28 heavy (non-hydrogen) atoms. The van der Waals surface area contributed by atoms with Gasteiger partial charge in [0.25, 0.3) is 0 Å². The molecule has 1 aromatic carbocycles. The fourth-order valence-corrected chi connectivity index (χ4v) is 3.71. The van der Waals surface area contributed by atoms with E-state index in [1.807, 2.05) is 6.92 Å². The molecule has 1 spiro atoms. The molecule has 9 heteroatoms. The van der Waals surface area contributed by atoms with Crippen molar-refractivity contribution in [3.8, 4) is 0 Å². The van der Waals surface area contributed by atoms with E-state index in [-0.39, 0.29) is 44.4 Å². The molecule has 152 valence electrons. The molecule has 0 aromatic heterocycles. The number of anilines is 1. The highest BCUT2D eigenvalue weighted by Crippen LogP contribution is 2.47. The Morgan fingerprint density at radius 3 is 2.46 bits per heavy atom. The van der Waals surface area contributed by atoms with Gasteiger partial charge in [-0.3, -0.25) is 14.3 Å². The van der Waals surface area contributed by atoms with Crippen LogP contribution in [0.15, 0.2) is 24.3 Å². The minimum atomic E-state index is -4.08. The molecule has 1 atom stereocenters. The summed E-state index contributed by atoms with van der Waals surface area (Å²) in [6.07, 6.45) is -2.57. The Balaban J connectivity index is 1.65. The van der Waals surface area contributed by atoms with E-state index in [2.05, 4.69) is 0 Å². The maximum atomic E-state index is 14.5. The normalized spacial score (nSPS) is 28.9. The van der Waals surface area contributed by atoms with E-state index in [0.29, 0.717) is 0 Å². The third-order valence-electron chi connectivity index (χ3n) is 5.58. The van der Waals surface area contributed by atoms with Gasteiger partial charge in [-0.05, 0) is 37.1 Å². The summed E-state index contributed by atoms with van der Waals surface area (Å²) in [4.78, 5) is 27.4. The van der Waals surface area contributed by atoms with Gasteiger partial charge in [0.15, 0.2) is 0 Å². The second-order valence-electron chi connectivity index (χ2n) is 8.01. The number of hydrogen-bond acceptors (Lipinski definition) is 4. The summed E-state index contributed by atoms with van der Waals surface area (Å²) < 4.78 is 52.7. The maximum absolute atomic E-state index is 14.5. The number of nitrogens with zero attached hydrogens (tertiary/aromatic N) is 2. The molecule has 2 aliphatic heterocycles. The molecule has 3 fully saturated rings. The van der Waals surface area contributed by atoms with Crippen molar-refractivity contribution in [2.24, 2.45) is 5.41 Å². The fraction of sp³-hybridized carbons (Fsp3) is 0.579. The number of benzene rings is 1. The second-order valence-corrected chi connectivity index (χ2v) is 8.01. The third kappa shape index (κ3) is 3.37. The molecular formula is C19H21F3N2O4. The van der Waals surface area contributed by atoms with Crippen LogP contribution in [0.1, 0.15) is 19.8 Å².